The molecule has 10 heteroatoms. The van der Waals surface area contributed by atoms with Crippen LogP contribution in [0.1, 0.15) is 31.3 Å². The van der Waals surface area contributed by atoms with E-state index in [1.165, 1.54) is 29.9 Å². The van der Waals surface area contributed by atoms with E-state index >= 15 is 0 Å². The van der Waals surface area contributed by atoms with Crippen molar-refractivity contribution in [3.8, 4) is 0 Å². The van der Waals surface area contributed by atoms with Gasteiger partial charge in [0.15, 0.2) is 11.6 Å². The Kier molecular flexibility index (Phi) is 5.49. The van der Waals surface area contributed by atoms with Gasteiger partial charge in [-0.1, -0.05) is 0 Å². The second-order valence-electron chi connectivity index (χ2n) is 6.74. The Balaban J connectivity index is 2.21. The normalized spacial score (nSPS) is 12.2. The Bertz CT molecular complexity index is 933. The molecule has 0 radical (unpaired) electrons. The third kappa shape index (κ3) is 4.87. The summed E-state index contributed by atoms with van der Waals surface area (Å²) in [4.78, 5) is 14.4. The molecule has 26 heavy (non-hydrogen) atoms. The zero-order valence-electron chi connectivity index (χ0n) is 14.7. The smallest absolute Gasteiger partial charge is 0.272 e. The highest BCUT2D eigenvalue weighted by molar-refractivity contribution is 7.89. The number of carbonyl (C=O) groups excluding carboxylic acids is 1. The molecule has 7 nitrogen and oxygen atoms in total. The molecule has 142 valence electrons. The number of hydrazine groups is 1. The van der Waals surface area contributed by atoms with Crippen molar-refractivity contribution < 1.29 is 22.0 Å². The van der Waals surface area contributed by atoms with Gasteiger partial charge < -0.3 is 9.88 Å². The number of aromatic nitrogens is 1. The maximum Gasteiger partial charge on any atom is 0.272 e. The fourth-order valence-corrected chi connectivity index (χ4v) is 3.08. The van der Waals surface area contributed by atoms with Gasteiger partial charge in [-0.2, -0.15) is 0 Å². The third-order valence-corrected chi connectivity index (χ3v) is 4.48. The predicted octanol–water partition coefficient (Wildman–Crippen LogP) is 2.14. The summed E-state index contributed by atoms with van der Waals surface area (Å²) in [6, 6.07) is 4.10. The summed E-state index contributed by atoms with van der Waals surface area (Å²) in [6.07, 6.45) is 1.27. The number of hydrogen-bond acceptors (Lipinski definition) is 4. The Labute approximate surface area is 150 Å². The Morgan fingerprint density at radius 3 is 2.35 bits per heavy atom. The van der Waals surface area contributed by atoms with Crippen LogP contribution in [0.25, 0.3) is 0 Å². The molecule has 1 amide bonds. The maximum atomic E-state index is 13.2. The van der Waals surface area contributed by atoms with Crippen molar-refractivity contribution >= 4 is 21.6 Å². The van der Waals surface area contributed by atoms with E-state index in [0.29, 0.717) is 0 Å². The number of halogens is 2. The summed E-state index contributed by atoms with van der Waals surface area (Å²) >= 11 is 0. The first kappa shape index (κ1) is 20.0. The molecule has 1 aromatic heterocycles. The minimum atomic E-state index is -3.89. The number of rotatable bonds is 5. The molecule has 0 fully saturated rings. The number of hydrogen-bond donors (Lipinski definition) is 3. The predicted molar refractivity (Wildman–Crippen MR) is 92.9 cm³/mol. The van der Waals surface area contributed by atoms with Crippen LogP contribution in [0.15, 0.2) is 35.4 Å². The summed E-state index contributed by atoms with van der Waals surface area (Å²) in [6.45, 7) is 5.34. The molecule has 0 saturated heterocycles. The first-order valence-corrected chi connectivity index (χ1v) is 9.09. The molecule has 1 aromatic carbocycles. The van der Waals surface area contributed by atoms with Crippen LogP contribution < -0.4 is 15.6 Å². The highest BCUT2D eigenvalue weighted by atomic mass is 32.2. The van der Waals surface area contributed by atoms with Gasteiger partial charge in [-0.05, 0) is 39.0 Å². The number of nitrogens with one attached hydrogen (secondary N) is 3. The van der Waals surface area contributed by atoms with Gasteiger partial charge >= 0.3 is 0 Å². The lowest BCUT2D eigenvalue weighted by atomic mass is 10.1. The van der Waals surface area contributed by atoms with Crippen LogP contribution in [0.2, 0.25) is 0 Å². The molecule has 0 saturated carbocycles. The van der Waals surface area contributed by atoms with Gasteiger partial charge in [0.25, 0.3) is 15.9 Å². The standard InChI is InChI=1S/C16H20F2N4O3S/c1-16(2,3)20-21-26(24,25)11-8-14(22(4)9-11)15(23)19-10-5-6-12(17)13(18)7-10/h5-9,20-21H,1-4H3,(H,19,23). The maximum absolute atomic E-state index is 13.2. The molecule has 0 spiro atoms. The summed E-state index contributed by atoms with van der Waals surface area (Å²) in [5, 5.41) is 2.39. The van der Waals surface area contributed by atoms with Gasteiger partial charge in [-0.25, -0.2) is 22.6 Å². The number of nitrogens with zero attached hydrogens (tertiary/aromatic N) is 1. The molecule has 0 atom stereocenters. The van der Waals surface area contributed by atoms with Crippen LogP contribution in [-0.4, -0.2) is 24.4 Å². The summed E-state index contributed by atoms with van der Waals surface area (Å²) in [5.74, 6) is -2.80. The highest BCUT2D eigenvalue weighted by Crippen LogP contribution is 2.17. The van der Waals surface area contributed by atoms with Crippen molar-refractivity contribution in [1.29, 1.82) is 0 Å². The number of sulfonamides is 1. The van der Waals surface area contributed by atoms with E-state index in [2.05, 4.69) is 15.6 Å². The van der Waals surface area contributed by atoms with Gasteiger partial charge in [0.2, 0.25) is 0 Å². The number of amides is 1. The second kappa shape index (κ2) is 7.14. The number of aryl methyl sites for hydroxylation is 1. The SMILES string of the molecule is Cn1cc(S(=O)(=O)NNC(C)(C)C)cc1C(=O)Nc1ccc(F)c(F)c1. The Hall–Kier alpha value is -2.30. The molecule has 0 bridgehead atoms. The Morgan fingerprint density at radius 1 is 1.12 bits per heavy atom. The van der Waals surface area contributed by atoms with Crippen molar-refractivity contribution in [2.24, 2.45) is 7.05 Å². The van der Waals surface area contributed by atoms with Gasteiger partial charge in [-0.15, -0.1) is 4.83 Å². The van der Waals surface area contributed by atoms with Crippen molar-refractivity contribution in [3.05, 3.63) is 47.8 Å². The topological polar surface area (TPSA) is 92.2 Å². The molecular weight excluding hydrogens is 366 g/mol. The van der Waals surface area contributed by atoms with Gasteiger partial charge in [-0.3, -0.25) is 4.79 Å². The quantitative estimate of drug-likeness (QED) is 0.687. The van der Waals surface area contributed by atoms with E-state index in [-0.39, 0.29) is 16.3 Å². The first-order chi connectivity index (χ1) is 11.9. The van der Waals surface area contributed by atoms with E-state index in [1.807, 2.05) is 0 Å². The lowest BCUT2D eigenvalue weighted by Crippen LogP contribution is -2.48. The molecule has 2 rings (SSSR count). The van der Waals surface area contributed by atoms with Gasteiger partial charge in [0.1, 0.15) is 10.6 Å². The van der Waals surface area contributed by atoms with Gasteiger partial charge in [0.05, 0.1) is 0 Å². The number of benzene rings is 1. The fourth-order valence-electron chi connectivity index (χ4n) is 1.96. The minimum Gasteiger partial charge on any atom is -0.345 e. The molecule has 0 aliphatic carbocycles. The van der Waals surface area contributed by atoms with Crippen LogP contribution in [0.3, 0.4) is 0 Å². The third-order valence-electron chi connectivity index (χ3n) is 3.26. The summed E-state index contributed by atoms with van der Waals surface area (Å²) in [5.41, 5.74) is 2.23. The average Bonchev–Trinajstić information content (AvgIpc) is 2.91. The van der Waals surface area contributed by atoms with E-state index in [0.717, 1.165) is 12.1 Å². The average molecular weight is 386 g/mol. The monoisotopic (exact) mass is 386 g/mol. The number of anilines is 1. The lowest BCUT2D eigenvalue weighted by molar-refractivity contribution is 0.101. The van der Waals surface area contributed by atoms with Crippen LogP contribution >= 0.6 is 0 Å². The van der Waals surface area contributed by atoms with Crippen LogP contribution in [-0.2, 0) is 17.1 Å². The lowest BCUT2D eigenvalue weighted by Gasteiger charge is -2.20. The number of carbonyl (C=O) groups is 1. The Morgan fingerprint density at radius 2 is 1.77 bits per heavy atom. The largest absolute Gasteiger partial charge is 0.345 e. The molecule has 2 aromatic rings. The van der Waals surface area contributed by atoms with Crippen molar-refractivity contribution in [2.75, 3.05) is 5.32 Å². The molecule has 3 N–H and O–H groups in total. The van der Waals surface area contributed by atoms with Crippen LogP contribution in [0.4, 0.5) is 14.5 Å². The first-order valence-electron chi connectivity index (χ1n) is 7.61. The van der Waals surface area contributed by atoms with Gasteiger partial charge in [0, 0.05) is 30.5 Å². The molecular formula is C16H20F2N4O3S. The van der Waals surface area contributed by atoms with E-state index < -0.39 is 33.1 Å². The van der Waals surface area contributed by atoms with Crippen LogP contribution in [0, 0.1) is 11.6 Å². The zero-order chi connectivity index (χ0) is 19.7. The molecule has 0 aliphatic rings. The minimum absolute atomic E-state index is 0.0332. The van der Waals surface area contributed by atoms with E-state index in [1.54, 1.807) is 20.8 Å². The highest BCUT2D eigenvalue weighted by Gasteiger charge is 2.22. The molecule has 0 unspecified atom stereocenters. The van der Waals surface area contributed by atoms with E-state index in [4.69, 9.17) is 0 Å². The van der Waals surface area contributed by atoms with Crippen molar-refractivity contribution in [2.45, 2.75) is 31.2 Å². The molecule has 1 heterocycles. The zero-order valence-corrected chi connectivity index (χ0v) is 15.5. The summed E-state index contributed by atoms with van der Waals surface area (Å²) in [7, 11) is -2.39. The fraction of sp³-hybridized carbons (Fsp3) is 0.312. The van der Waals surface area contributed by atoms with Crippen molar-refractivity contribution in [3.63, 3.8) is 0 Å². The molecule has 0 aliphatic heterocycles. The van der Waals surface area contributed by atoms with Crippen LogP contribution in [0.5, 0.6) is 0 Å². The second-order valence-corrected chi connectivity index (χ2v) is 8.42. The van der Waals surface area contributed by atoms with Crippen molar-refractivity contribution in [1.82, 2.24) is 14.8 Å². The van der Waals surface area contributed by atoms with E-state index in [9.17, 15) is 22.0 Å². The summed E-state index contributed by atoms with van der Waals surface area (Å²) < 4.78 is 52.1.